The maximum atomic E-state index is 12.7. The van der Waals surface area contributed by atoms with Gasteiger partial charge in [-0.05, 0) is 12.5 Å². The zero-order chi connectivity index (χ0) is 21.1. The van der Waals surface area contributed by atoms with Crippen LogP contribution >= 0.6 is 11.8 Å². The molecule has 0 saturated carbocycles. The van der Waals surface area contributed by atoms with Crippen LogP contribution < -0.4 is 0 Å². The lowest BCUT2D eigenvalue weighted by molar-refractivity contribution is -0.128. The summed E-state index contributed by atoms with van der Waals surface area (Å²) in [5.41, 5.74) is 0.862. The SMILES string of the molecule is CN(C(=O)CSc1nc(CN2CCOCC2)nc2ccccc12)[C@@H]1CCS(=O)(=O)C1. The summed E-state index contributed by atoms with van der Waals surface area (Å²) in [5.74, 6) is 1.08. The average molecular weight is 451 g/mol. The second-order valence-corrected chi connectivity index (χ2v) is 10.9. The number of aromatic nitrogens is 2. The van der Waals surface area contributed by atoms with Crippen molar-refractivity contribution in [2.45, 2.75) is 24.0 Å². The Morgan fingerprint density at radius 3 is 2.77 bits per heavy atom. The van der Waals surface area contributed by atoms with Crippen molar-refractivity contribution in [1.29, 1.82) is 0 Å². The minimum Gasteiger partial charge on any atom is -0.379 e. The van der Waals surface area contributed by atoms with Crippen LogP contribution in [0.15, 0.2) is 29.3 Å². The van der Waals surface area contributed by atoms with Crippen LogP contribution in [0.2, 0.25) is 0 Å². The van der Waals surface area contributed by atoms with Crippen LogP contribution in [-0.4, -0.2) is 90.7 Å². The number of morpholine rings is 1. The first-order valence-electron chi connectivity index (χ1n) is 10.1. The topological polar surface area (TPSA) is 92.7 Å². The zero-order valence-corrected chi connectivity index (χ0v) is 18.6. The summed E-state index contributed by atoms with van der Waals surface area (Å²) in [6.07, 6.45) is 0.509. The monoisotopic (exact) mass is 450 g/mol. The van der Waals surface area contributed by atoms with Gasteiger partial charge >= 0.3 is 0 Å². The van der Waals surface area contributed by atoms with Crippen LogP contribution in [0, 0.1) is 0 Å². The Balaban J connectivity index is 1.47. The second-order valence-electron chi connectivity index (χ2n) is 7.70. The summed E-state index contributed by atoms with van der Waals surface area (Å²) in [6, 6.07) is 7.58. The lowest BCUT2D eigenvalue weighted by Gasteiger charge is -2.26. The molecule has 0 N–H and O–H groups in total. The van der Waals surface area contributed by atoms with E-state index in [4.69, 9.17) is 14.7 Å². The van der Waals surface area contributed by atoms with Crippen LogP contribution in [0.4, 0.5) is 0 Å². The molecule has 2 aliphatic heterocycles. The number of carbonyl (C=O) groups excluding carboxylic acids is 1. The summed E-state index contributed by atoms with van der Waals surface area (Å²) in [4.78, 5) is 26.0. The minimum atomic E-state index is -3.02. The van der Waals surface area contributed by atoms with Gasteiger partial charge in [0.25, 0.3) is 0 Å². The van der Waals surface area contributed by atoms with Crippen molar-refractivity contribution in [3.63, 3.8) is 0 Å². The first-order chi connectivity index (χ1) is 14.4. The number of carbonyl (C=O) groups is 1. The Kier molecular flexibility index (Phi) is 6.57. The van der Waals surface area contributed by atoms with Gasteiger partial charge in [-0.3, -0.25) is 9.69 Å². The molecule has 30 heavy (non-hydrogen) atoms. The highest BCUT2D eigenvalue weighted by molar-refractivity contribution is 8.00. The molecular weight excluding hydrogens is 424 g/mol. The Labute approximate surface area is 180 Å². The van der Waals surface area contributed by atoms with Gasteiger partial charge in [0.05, 0.1) is 42.5 Å². The molecule has 3 heterocycles. The molecule has 0 spiro atoms. The molecule has 8 nitrogen and oxygen atoms in total. The van der Waals surface area contributed by atoms with E-state index in [-0.39, 0.29) is 29.2 Å². The number of sulfone groups is 1. The van der Waals surface area contributed by atoms with Gasteiger partial charge in [0.2, 0.25) is 5.91 Å². The van der Waals surface area contributed by atoms with Crippen molar-refractivity contribution in [3.05, 3.63) is 30.1 Å². The molecule has 2 fully saturated rings. The average Bonchev–Trinajstić information content (AvgIpc) is 3.11. The summed E-state index contributed by atoms with van der Waals surface area (Å²) < 4.78 is 28.9. The first kappa shape index (κ1) is 21.5. The van der Waals surface area contributed by atoms with Gasteiger partial charge in [0, 0.05) is 31.6 Å². The molecular formula is C20H26N4O4S2. The highest BCUT2D eigenvalue weighted by atomic mass is 32.2. The molecule has 4 rings (SSSR count). The fourth-order valence-corrected chi connectivity index (χ4v) is 6.49. The smallest absolute Gasteiger partial charge is 0.233 e. The number of para-hydroxylation sites is 1. The van der Waals surface area contributed by atoms with Gasteiger partial charge in [0.15, 0.2) is 9.84 Å². The van der Waals surface area contributed by atoms with Crippen LogP contribution in [0.25, 0.3) is 10.9 Å². The van der Waals surface area contributed by atoms with Crippen molar-refractivity contribution in [2.24, 2.45) is 0 Å². The van der Waals surface area contributed by atoms with Gasteiger partial charge in [-0.25, -0.2) is 18.4 Å². The number of rotatable bonds is 6. The standard InChI is InChI=1S/C20H26N4O4S2/c1-23(15-6-11-30(26,27)14-15)19(25)13-29-20-16-4-2-3-5-17(16)21-18(22-20)12-24-7-9-28-10-8-24/h2-5,15H,6-14H2,1H3/t15-/m1/s1. The summed E-state index contributed by atoms with van der Waals surface area (Å²) in [7, 11) is -1.33. The summed E-state index contributed by atoms with van der Waals surface area (Å²) in [5, 5.41) is 1.71. The minimum absolute atomic E-state index is 0.0556. The number of fused-ring (bicyclic) bond motifs is 1. The Hall–Kier alpha value is -1.75. The van der Waals surface area contributed by atoms with E-state index in [0.717, 1.165) is 34.8 Å². The number of thioether (sulfide) groups is 1. The molecule has 2 aromatic rings. The van der Waals surface area contributed by atoms with Crippen molar-refractivity contribution in [1.82, 2.24) is 19.8 Å². The first-order valence-corrected chi connectivity index (χ1v) is 12.9. The van der Waals surface area contributed by atoms with E-state index < -0.39 is 9.84 Å². The number of ether oxygens (including phenoxy) is 1. The maximum Gasteiger partial charge on any atom is 0.233 e. The molecule has 2 saturated heterocycles. The predicted molar refractivity (Wildman–Crippen MR) is 116 cm³/mol. The van der Waals surface area contributed by atoms with Crippen molar-refractivity contribution < 1.29 is 17.9 Å². The highest BCUT2D eigenvalue weighted by Crippen LogP contribution is 2.26. The molecule has 0 aliphatic carbocycles. The molecule has 10 heteroatoms. The molecule has 0 bridgehead atoms. The van der Waals surface area contributed by atoms with Crippen molar-refractivity contribution in [2.75, 3.05) is 50.6 Å². The number of hydrogen-bond donors (Lipinski definition) is 0. The molecule has 1 atom stereocenters. The highest BCUT2D eigenvalue weighted by Gasteiger charge is 2.32. The fraction of sp³-hybridized carbons (Fsp3) is 0.550. The van der Waals surface area contributed by atoms with E-state index in [1.54, 1.807) is 11.9 Å². The normalized spacial score (nSPS) is 21.7. The van der Waals surface area contributed by atoms with E-state index in [1.807, 2.05) is 24.3 Å². The lowest BCUT2D eigenvalue weighted by Crippen LogP contribution is -2.38. The van der Waals surface area contributed by atoms with E-state index in [1.165, 1.54) is 11.8 Å². The van der Waals surface area contributed by atoms with Crippen LogP contribution in [0.1, 0.15) is 12.2 Å². The molecule has 0 radical (unpaired) electrons. The maximum absolute atomic E-state index is 12.7. The second kappa shape index (κ2) is 9.17. The van der Waals surface area contributed by atoms with Gasteiger partial charge in [-0.1, -0.05) is 30.0 Å². The fourth-order valence-electron chi connectivity index (χ4n) is 3.75. The van der Waals surface area contributed by atoms with E-state index in [0.29, 0.717) is 26.2 Å². The molecule has 1 aromatic heterocycles. The van der Waals surface area contributed by atoms with E-state index in [2.05, 4.69) is 4.90 Å². The van der Waals surface area contributed by atoms with Gasteiger partial charge in [-0.2, -0.15) is 0 Å². The van der Waals surface area contributed by atoms with E-state index in [9.17, 15) is 13.2 Å². The lowest BCUT2D eigenvalue weighted by atomic mass is 10.2. The number of nitrogens with zero attached hydrogens (tertiary/aromatic N) is 4. The van der Waals surface area contributed by atoms with Crippen LogP contribution in [0.5, 0.6) is 0 Å². The van der Waals surface area contributed by atoms with Gasteiger partial charge in [-0.15, -0.1) is 0 Å². The third-order valence-corrected chi connectivity index (χ3v) is 8.29. The third-order valence-electron chi connectivity index (χ3n) is 5.57. The van der Waals surface area contributed by atoms with Crippen LogP contribution in [0.3, 0.4) is 0 Å². The molecule has 1 aromatic carbocycles. The molecule has 162 valence electrons. The number of amides is 1. The quantitative estimate of drug-likeness (QED) is 0.479. The summed E-state index contributed by atoms with van der Waals surface area (Å²) in [6.45, 7) is 3.79. The van der Waals surface area contributed by atoms with Gasteiger partial charge in [0.1, 0.15) is 10.9 Å². The molecule has 1 amide bonds. The van der Waals surface area contributed by atoms with Crippen LogP contribution in [-0.2, 0) is 25.9 Å². The number of benzene rings is 1. The molecule has 2 aliphatic rings. The predicted octanol–water partition coefficient (Wildman–Crippen LogP) is 1.20. The van der Waals surface area contributed by atoms with E-state index >= 15 is 0 Å². The molecule has 0 unspecified atom stereocenters. The van der Waals surface area contributed by atoms with Gasteiger partial charge < -0.3 is 9.64 Å². The Bertz CT molecular complexity index is 1020. The third kappa shape index (κ3) is 5.11. The zero-order valence-electron chi connectivity index (χ0n) is 17.0. The Morgan fingerprint density at radius 2 is 2.03 bits per heavy atom. The Morgan fingerprint density at radius 1 is 1.27 bits per heavy atom. The van der Waals surface area contributed by atoms with Crippen molar-refractivity contribution >= 4 is 38.4 Å². The number of hydrogen-bond acceptors (Lipinski definition) is 8. The van der Waals surface area contributed by atoms with Crippen molar-refractivity contribution in [3.8, 4) is 0 Å². The largest absolute Gasteiger partial charge is 0.379 e. The summed E-state index contributed by atoms with van der Waals surface area (Å²) >= 11 is 1.39.